The number of aromatic nitrogens is 2. The van der Waals surface area contributed by atoms with E-state index in [0.29, 0.717) is 17.9 Å². The van der Waals surface area contributed by atoms with Crippen LogP contribution in [0.1, 0.15) is 24.9 Å². The standard InChI is InChI=1S/C15H19N3O2S/c1-3-10-21(19,20)15-6-4-13(5-7-15)17-11-14-8-9-16-12(2)18-14/h4-9,17H,3,10-11H2,1-2H3. The number of benzene rings is 1. The van der Waals surface area contributed by atoms with Gasteiger partial charge in [0.15, 0.2) is 9.84 Å². The maximum absolute atomic E-state index is 11.9. The van der Waals surface area contributed by atoms with Crippen molar-refractivity contribution < 1.29 is 8.42 Å². The molecule has 0 aliphatic carbocycles. The van der Waals surface area contributed by atoms with Crippen LogP contribution in [0, 0.1) is 6.92 Å². The van der Waals surface area contributed by atoms with E-state index in [1.54, 1.807) is 30.5 Å². The summed E-state index contributed by atoms with van der Waals surface area (Å²) in [6, 6.07) is 8.67. The molecule has 0 atom stereocenters. The van der Waals surface area contributed by atoms with Gasteiger partial charge in [-0.05, 0) is 43.7 Å². The van der Waals surface area contributed by atoms with Crippen molar-refractivity contribution in [2.24, 2.45) is 0 Å². The van der Waals surface area contributed by atoms with E-state index in [-0.39, 0.29) is 5.75 Å². The molecular weight excluding hydrogens is 286 g/mol. The molecule has 2 rings (SSSR count). The van der Waals surface area contributed by atoms with E-state index >= 15 is 0 Å². The van der Waals surface area contributed by atoms with Crippen LogP contribution >= 0.6 is 0 Å². The van der Waals surface area contributed by atoms with Gasteiger partial charge in [0.1, 0.15) is 5.82 Å². The number of nitrogens with zero attached hydrogens (tertiary/aromatic N) is 2. The first kappa shape index (κ1) is 15.4. The lowest BCUT2D eigenvalue weighted by Gasteiger charge is -2.08. The Morgan fingerprint density at radius 3 is 2.48 bits per heavy atom. The van der Waals surface area contributed by atoms with Crippen LogP contribution in [-0.2, 0) is 16.4 Å². The molecule has 0 saturated carbocycles. The first-order valence-electron chi connectivity index (χ1n) is 6.86. The van der Waals surface area contributed by atoms with Gasteiger partial charge in [-0.25, -0.2) is 18.4 Å². The molecule has 0 saturated heterocycles. The summed E-state index contributed by atoms with van der Waals surface area (Å²) in [6.07, 6.45) is 2.34. The Morgan fingerprint density at radius 2 is 1.86 bits per heavy atom. The number of anilines is 1. The fourth-order valence-corrected chi connectivity index (χ4v) is 3.29. The zero-order valence-corrected chi connectivity index (χ0v) is 13.0. The summed E-state index contributed by atoms with van der Waals surface area (Å²) in [5, 5.41) is 3.21. The molecule has 0 fully saturated rings. The molecule has 1 N–H and O–H groups in total. The molecule has 5 nitrogen and oxygen atoms in total. The number of nitrogens with one attached hydrogen (secondary N) is 1. The summed E-state index contributed by atoms with van der Waals surface area (Å²) < 4.78 is 23.8. The molecule has 112 valence electrons. The van der Waals surface area contributed by atoms with Crippen molar-refractivity contribution in [2.45, 2.75) is 31.7 Å². The third-order valence-electron chi connectivity index (χ3n) is 2.99. The smallest absolute Gasteiger partial charge is 0.178 e. The molecule has 1 heterocycles. The Labute approximate surface area is 125 Å². The molecule has 0 spiro atoms. The van der Waals surface area contributed by atoms with E-state index in [1.165, 1.54) is 0 Å². The number of rotatable bonds is 6. The fraction of sp³-hybridized carbons (Fsp3) is 0.333. The molecule has 0 unspecified atom stereocenters. The maximum Gasteiger partial charge on any atom is 0.178 e. The zero-order chi connectivity index (χ0) is 15.3. The molecule has 0 aliphatic heterocycles. The van der Waals surface area contributed by atoms with Crippen LogP contribution in [0.2, 0.25) is 0 Å². The highest BCUT2D eigenvalue weighted by molar-refractivity contribution is 7.91. The highest BCUT2D eigenvalue weighted by Crippen LogP contribution is 2.16. The van der Waals surface area contributed by atoms with Crippen molar-refractivity contribution >= 4 is 15.5 Å². The minimum absolute atomic E-state index is 0.181. The van der Waals surface area contributed by atoms with Gasteiger partial charge in [-0.2, -0.15) is 0 Å². The predicted octanol–water partition coefficient (Wildman–Crippen LogP) is 2.58. The summed E-state index contributed by atoms with van der Waals surface area (Å²) in [4.78, 5) is 8.71. The van der Waals surface area contributed by atoms with Crippen LogP contribution in [0.5, 0.6) is 0 Å². The second-order valence-corrected chi connectivity index (χ2v) is 6.90. The van der Waals surface area contributed by atoms with Crippen molar-refractivity contribution in [1.82, 2.24) is 9.97 Å². The number of sulfone groups is 1. The van der Waals surface area contributed by atoms with Crippen LogP contribution in [0.4, 0.5) is 5.69 Å². The summed E-state index contributed by atoms with van der Waals surface area (Å²) in [6.45, 7) is 4.28. The minimum atomic E-state index is -3.15. The van der Waals surface area contributed by atoms with Crippen LogP contribution in [0.15, 0.2) is 41.4 Å². The Morgan fingerprint density at radius 1 is 1.14 bits per heavy atom. The maximum atomic E-state index is 11.9. The lowest BCUT2D eigenvalue weighted by atomic mass is 10.3. The van der Waals surface area contributed by atoms with Crippen molar-refractivity contribution in [1.29, 1.82) is 0 Å². The Kier molecular flexibility index (Phi) is 4.90. The second kappa shape index (κ2) is 6.67. The van der Waals surface area contributed by atoms with Gasteiger partial charge in [-0.3, -0.25) is 0 Å². The second-order valence-electron chi connectivity index (χ2n) is 4.79. The van der Waals surface area contributed by atoms with Gasteiger partial charge in [0.25, 0.3) is 0 Å². The van der Waals surface area contributed by atoms with Crippen LogP contribution in [0.3, 0.4) is 0 Å². The van der Waals surface area contributed by atoms with Gasteiger partial charge >= 0.3 is 0 Å². The van der Waals surface area contributed by atoms with E-state index in [4.69, 9.17) is 0 Å². The van der Waals surface area contributed by atoms with E-state index < -0.39 is 9.84 Å². The topological polar surface area (TPSA) is 72.0 Å². The lowest BCUT2D eigenvalue weighted by molar-refractivity contribution is 0.595. The average molecular weight is 305 g/mol. The SMILES string of the molecule is CCCS(=O)(=O)c1ccc(NCc2ccnc(C)n2)cc1. The van der Waals surface area contributed by atoms with Gasteiger partial charge in [0.05, 0.1) is 22.9 Å². The summed E-state index contributed by atoms with van der Waals surface area (Å²) >= 11 is 0. The van der Waals surface area contributed by atoms with Gasteiger partial charge in [-0.15, -0.1) is 0 Å². The molecule has 0 amide bonds. The number of aryl methyl sites for hydroxylation is 1. The minimum Gasteiger partial charge on any atom is -0.379 e. The quantitative estimate of drug-likeness (QED) is 0.888. The Hall–Kier alpha value is -1.95. The Balaban J connectivity index is 2.03. The Bertz CT molecular complexity index is 697. The first-order valence-corrected chi connectivity index (χ1v) is 8.52. The van der Waals surface area contributed by atoms with Gasteiger partial charge in [0, 0.05) is 11.9 Å². The normalized spacial score (nSPS) is 11.3. The molecule has 2 aromatic rings. The molecule has 0 radical (unpaired) electrons. The van der Waals surface area contributed by atoms with Crippen molar-refractivity contribution in [3.05, 3.63) is 48.0 Å². The van der Waals surface area contributed by atoms with E-state index in [9.17, 15) is 8.42 Å². The summed E-state index contributed by atoms with van der Waals surface area (Å²) in [5.41, 5.74) is 1.76. The number of hydrogen-bond donors (Lipinski definition) is 1. The third-order valence-corrected chi connectivity index (χ3v) is 4.93. The van der Waals surface area contributed by atoms with Gasteiger partial charge in [-0.1, -0.05) is 6.92 Å². The van der Waals surface area contributed by atoms with Gasteiger partial charge in [0.2, 0.25) is 0 Å². The van der Waals surface area contributed by atoms with E-state index in [1.807, 2.05) is 19.9 Å². The zero-order valence-electron chi connectivity index (χ0n) is 12.2. The first-order chi connectivity index (χ1) is 10.0. The van der Waals surface area contributed by atoms with Crippen LogP contribution in [0.25, 0.3) is 0 Å². The lowest BCUT2D eigenvalue weighted by Crippen LogP contribution is -2.06. The number of hydrogen-bond acceptors (Lipinski definition) is 5. The monoisotopic (exact) mass is 305 g/mol. The average Bonchev–Trinajstić information content (AvgIpc) is 2.46. The predicted molar refractivity (Wildman–Crippen MR) is 82.9 cm³/mol. The highest BCUT2D eigenvalue weighted by atomic mass is 32.2. The fourth-order valence-electron chi connectivity index (χ4n) is 1.96. The highest BCUT2D eigenvalue weighted by Gasteiger charge is 2.12. The molecule has 1 aromatic heterocycles. The molecule has 0 aliphatic rings. The third kappa shape index (κ3) is 4.26. The van der Waals surface area contributed by atoms with Crippen molar-refractivity contribution in [3.63, 3.8) is 0 Å². The van der Waals surface area contributed by atoms with Crippen molar-refractivity contribution in [3.8, 4) is 0 Å². The summed E-state index contributed by atoms with van der Waals surface area (Å²) in [7, 11) is -3.15. The largest absolute Gasteiger partial charge is 0.379 e. The molecule has 0 bridgehead atoms. The van der Waals surface area contributed by atoms with E-state index in [0.717, 1.165) is 17.2 Å². The molecule has 21 heavy (non-hydrogen) atoms. The molecule has 1 aromatic carbocycles. The van der Waals surface area contributed by atoms with Crippen LogP contribution < -0.4 is 5.32 Å². The van der Waals surface area contributed by atoms with Gasteiger partial charge < -0.3 is 5.32 Å². The van der Waals surface area contributed by atoms with Crippen LogP contribution in [-0.4, -0.2) is 24.1 Å². The van der Waals surface area contributed by atoms with Crippen molar-refractivity contribution in [2.75, 3.05) is 11.1 Å². The molecule has 6 heteroatoms. The summed E-state index contributed by atoms with van der Waals surface area (Å²) in [5.74, 6) is 0.912. The molecular formula is C15H19N3O2S. The van der Waals surface area contributed by atoms with E-state index in [2.05, 4.69) is 15.3 Å².